The van der Waals surface area contributed by atoms with Crippen molar-refractivity contribution >= 4 is 67.5 Å². The smallest absolute Gasteiger partial charge is 0.490 e. The van der Waals surface area contributed by atoms with E-state index in [2.05, 4.69) is 20.0 Å². The van der Waals surface area contributed by atoms with E-state index in [4.69, 9.17) is 21.4 Å². The van der Waals surface area contributed by atoms with Gasteiger partial charge in [-0.2, -0.15) is 4.98 Å². The molecule has 0 fully saturated rings. The monoisotopic (exact) mass is 488 g/mol. The number of urea groups is 1. The van der Waals surface area contributed by atoms with Crippen molar-refractivity contribution < 1.29 is 24.2 Å². The summed E-state index contributed by atoms with van der Waals surface area (Å²) in [5.41, 5.74) is 2.01. The first kappa shape index (κ1) is 20.5. The lowest BCUT2D eigenvalue weighted by Gasteiger charge is -2.29. The molecule has 0 unspecified atom stereocenters. The van der Waals surface area contributed by atoms with E-state index in [1.165, 1.54) is 11.3 Å². The molecule has 0 spiro atoms. The Bertz CT molecular complexity index is 1320. The number of aromatic nitrogens is 2. The molecule has 32 heavy (non-hydrogen) atoms. The highest BCUT2D eigenvalue weighted by Crippen LogP contribution is 2.41. The average molecular weight is 489 g/mol. The Morgan fingerprint density at radius 3 is 2.84 bits per heavy atom. The molecule has 2 aromatic carbocycles. The topological polar surface area (TPSA) is 114 Å². The number of nitrogens with zero attached hydrogens (tertiary/aromatic N) is 3. The lowest BCUT2D eigenvalue weighted by Crippen LogP contribution is -2.40. The highest BCUT2D eigenvalue weighted by molar-refractivity contribution is 7.22. The molecule has 3 heterocycles. The molecule has 4 aromatic rings. The van der Waals surface area contributed by atoms with Crippen molar-refractivity contribution in [3.8, 4) is 22.2 Å². The number of ether oxygens (including phenoxy) is 2. The van der Waals surface area contributed by atoms with Crippen molar-refractivity contribution in [2.45, 2.75) is 0 Å². The number of amides is 2. The van der Waals surface area contributed by atoms with E-state index in [9.17, 15) is 9.59 Å². The van der Waals surface area contributed by atoms with Crippen molar-refractivity contribution in [3.63, 3.8) is 0 Å². The lowest BCUT2D eigenvalue weighted by molar-refractivity contribution is 0.143. The Hall–Kier alpha value is -3.41. The molecule has 0 atom stereocenters. The summed E-state index contributed by atoms with van der Waals surface area (Å²) in [5.74, 6) is 0.364. The van der Waals surface area contributed by atoms with Crippen LogP contribution >= 0.6 is 34.3 Å². The molecule has 1 aliphatic rings. The number of carboxylic acid groups (broad SMARTS) is 1. The van der Waals surface area contributed by atoms with Crippen LogP contribution in [0.4, 0.5) is 20.4 Å². The summed E-state index contributed by atoms with van der Waals surface area (Å²) in [6.45, 7) is 0.693. The van der Waals surface area contributed by atoms with Crippen LogP contribution < -0.4 is 19.7 Å². The van der Waals surface area contributed by atoms with Gasteiger partial charge < -0.3 is 14.6 Å². The van der Waals surface area contributed by atoms with Gasteiger partial charge in [-0.25, -0.2) is 14.6 Å². The Morgan fingerprint density at radius 1 is 1.19 bits per heavy atom. The van der Waals surface area contributed by atoms with Gasteiger partial charge in [-0.3, -0.25) is 10.2 Å². The molecular formula is C20H13ClN4O5S2. The first-order valence-electron chi connectivity index (χ1n) is 9.26. The van der Waals surface area contributed by atoms with Gasteiger partial charge in [0.05, 0.1) is 22.4 Å². The molecule has 2 amide bonds. The predicted octanol–water partition coefficient (Wildman–Crippen LogP) is 5.56. The molecule has 0 aliphatic carbocycles. The number of hydrogen-bond acceptors (Lipinski definition) is 8. The highest BCUT2D eigenvalue weighted by Gasteiger charge is 2.26. The molecule has 12 heteroatoms. The fourth-order valence-corrected chi connectivity index (χ4v) is 5.08. The van der Waals surface area contributed by atoms with Crippen molar-refractivity contribution in [1.82, 2.24) is 9.97 Å². The zero-order valence-electron chi connectivity index (χ0n) is 16.1. The highest BCUT2D eigenvalue weighted by atomic mass is 35.5. The normalized spacial score (nSPS) is 12.8. The van der Waals surface area contributed by atoms with Gasteiger partial charge >= 0.3 is 12.2 Å². The number of benzene rings is 2. The largest absolute Gasteiger partial charge is 0.512 e. The van der Waals surface area contributed by atoms with E-state index in [1.54, 1.807) is 23.1 Å². The number of fused-ring (bicyclic) bond motifs is 2. The molecule has 0 bridgehead atoms. The number of hydrogen-bond donors (Lipinski definition) is 2. The van der Waals surface area contributed by atoms with E-state index >= 15 is 0 Å². The lowest BCUT2D eigenvalue weighted by atomic mass is 10.1. The summed E-state index contributed by atoms with van der Waals surface area (Å²) in [6, 6.07) is 12.5. The summed E-state index contributed by atoms with van der Waals surface area (Å²) < 4.78 is 11.4. The molecule has 0 saturated carbocycles. The van der Waals surface area contributed by atoms with Crippen LogP contribution in [-0.4, -0.2) is 40.4 Å². The van der Waals surface area contributed by atoms with Crippen LogP contribution in [0.15, 0.2) is 42.5 Å². The maximum atomic E-state index is 13.0. The molecule has 5 rings (SSSR count). The van der Waals surface area contributed by atoms with E-state index in [0.717, 1.165) is 21.6 Å². The maximum absolute atomic E-state index is 13.0. The summed E-state index contributed by atoms with van der Waals surface area (Å²) in [6.07, 6.45) is -1.50. The summed E-state index contributed by atoms with van der Waals surface area (Å²) in [4.78, 5) is 34.0. The molecule has 162 valence electrons. The van der Waals surface area contributed by atoms with Gasteiger partial charge in [0, 0.05) is 5.56 Å². The molecule has 1 aliphatic heterocycles. The second-order valence-electron chi connectivity index (χ2n) is 6.57. The number of carbonyl (C=O) groups is 2. The third-order valence-electron chi connectivity index (χ3n) is 4.56. The molecule has 9 nitrogen and oxygen atoms in total. The van der Waals surface area contributed by atoms with Gasteiger partial charge in [0.1, 0.15) is 17.4 Å². The fourth-order valence-electron chi connectivity index (χ4n) is 3.20. The number of carbonyl (C=O) groups excluding carboxylic acids is 1. The molecule has 0 radical (unpaired) electrons. The van der Waals surface area contributed by atoms with Crippen LogP contribution in [0.25, 0.3) is 20.8 Å². The number of halogens is 1. The number of rotatable bonds is 3. The zero-order valence-corrected chi connectivity index (χ0v) is 18.5. The van der Waals surface area contributed by atoms with Crippen molar-refractivity contribution in [2.24, 2.45) is 0 Å². The Kier molecular flexibility index (Phi) is 5.29. The third kappa shape index (κ3) is 3.93. The van der Waals surface area contributed by atoms with Gasteiger partial charge in [-0.15, -0.1) is 0 Å². The van der Waals surface area contributed by atoms with Crippen LogP contribution in [0.3, 0.4) is 0 Å². The fraction of sp³-hybridized carbons (Fsp3) is 0.100. The maximum Gasteiger partial charge on any atom is 0.512 e. The minimum Gasteiger partial charge on any atom is -0.490 e. The summed E-state index contributed by atoms with van der Waals surface area (Å²) >= 11 is 8.51. The standard InChI is InChI=1S/C20H13ClN4O5S2/c21-15-16(30-20(27)28)23-17(32-15)10-5-6-13-12(9-10)25(7-8-29-13)19(26)24-18-22-11-3-1-2-4-14(11)31-18/h1-6,9H,7-8H2,(H,27,28)(H,22,24,26). The van der Waals surface area contributed by atoms with Gasteiger partial charge in [-0.05, 0) is 30.3 Å². The van der Waals surface area contributed by atoms with Crippen molar-refractivity contribution in [1.29, 1.82) is 0 Å². The second kappa shape index (κ2) is 8.26. The second-order valence-corrected chi connectivity index (χ2v) is 9.20. The van der Waals surface area contributed by atoms with Crippen LogP contribution in [0.1, 0.15) is 0 Å². The Balaban J connectivity index is 1.43. The first-order chi connectivity index (χ1) is 15.5. The molecule has 0 saturated heterocycles. The number of anilines is 2. The summed E-state index contributed by atoms with van der Waals surface area (Å²) in [7, 11) is 0. The van der Waals surface area contributed by atoms with Crippen molar-refractivity contribution in [3.05, 3.63) is 46.8 Å². The molecule has 2 N–H and O–H groups in total. The minimum atomic E-state index is -1.50. The average Bonchev–Trinajstić information content (AvgIpc) is 3.35. The Labute approximate surface area is 193 Å². The molecule has 2 aromatic heterocycles. The van der Waals surface area contributed by atoms with Gasteiger partial charge in [0.15, 0.2) is 9.47 Å². The predicted molar refractivity (Wildman–Crippen MR) is 123 cm³/mol. The van der Waals surface area contributed by atoms with Crippen molar-refractivity contribution in [2.75, 3.05) is 23.4 Å². The number of thiazole rings is 2. The third-order valence-corrected chi connectivity index (χ3v) is 6.78. The van der Waals surface area contributed by atoms with Gasteiger partial charge in [0.25, 0.3) is 5.88 Å². The van der Waals surface area contributed by atoms with E-state index in [1.807, 2.05) is 24.3 Å². The van der Waals surface area contributed by atoms with Gasteiger partial charge in [0.2, 0.25) is 0 Å². The van der Waals surface area contributed by atoms with E-state index in [-0.39, 0.29) is 16.2 Å². The number of para-hydroxylation sites is 1. The zero-order chi connectivity index (χ0) is 22.2. The Morgan fingerprint density at radius 2 is 2.03 bits per heavy atom. The van der Waals surface area contributed by atoms with Gasteiger partial charge in [-0.1, -0.05) is 46.4 Å². The summed E-state index contributed by atoms with van der Waals surface area (Å²) in [5, 5.41) is 12.6. The van der Waals surface area contributed by atoms with E-state index in [0.29, 0.717) is 40.3 Å². The quantitative estimate of drug-likeness (QED) is 0.363. The minimum absolute atomic E-state index is 0.113. The van der Waals surface area contributed by atoms with E-state index < -0.39 is 6.16 Å². The molecular weight excluding hydrogens is 476 g/mol. The van der Waals surface area contributed by atoms with Crippen LogP contribution in [0.2, 0.25) is 4.34 Å². The van der Waals surface area contributed by atoms with Crippen LogP contribution in [0.5, 0.6) is 11.6 Å². The van der Waals surface area contributed by atoms with Crippen LogP contribution in [-0.2, 0) is 0 Å². The SMILES string of the molecule is O=C(O)Oc1nc(-c2ccc3c(c2)N(C(=O)Nc2nc4ccccc4s2)CCO3)sc1Cl. The first-order valence-corrected chi connectivity index (χ1v) is 11.3. The number of nitrogens with one attached hydrogen (secondary N) is 1. The van der Waals surface area contributed by atoms with Crippen LogP contribution in [0, 0.1) is 0 Å².